The summed E-state index contributed by atoms with van der Waals surface area (Å²) in [5.41, 5.74) is -8.99. The zero-order chi connectivity index (χ0) is 112. The van der Waals surface area contributed by atoms with Crippen molar-refractivity contribution in [1.82, 2.24) is 0 Å². The predicted octanol–water partition coefficient (Wildman–Crippen LogP) is 19.7. The molecule has 9 fully saturated rings. The van der Waals surface area contributed by atoms with Gasteiger partial charge >= 0.3 is 137 Å². The van der Waals surface area contributed by atoms with Crippen LogP contribution in [0.15, 0.2) is 0 Å². The van der Waals surface area contributed by atoms with E-state index in [1.807, 2.05) is 13.8 Å². The minimum atomic E-state index is -4.73. The van der Waals surface area contributed by atoms with Crippen LogP contribution < -0.4 is 0 Å². The molecular weight excluding hydrogens is 2010 g/mol. The Morgan fingerprint density at radius 3 is 0.776 bits per heavy atom. The zero-order valence-corrected chi connectivity index (χ0v) is 86.0. The molecule has 9 aliphatic rings. The fourth-order valence-electron chi connectivity index (χ4n) is 15.2. The number of carbonyl (C=O) groups is 16. The van der Waals surface area contributed by atoms with E-state index in [0.29, 0.717) is 85.5 Å². The van der Waals surface area contributed by atoms with Crippen molar-refractivity contribution < 1.29 is 227 Å². The summed E-state index contributed by atoms with van der Waals surface area (Å²) < 4.78 is 288. The Morgan fingerprint density at radius 1 is 0.259 bits per heavy atom. The Labute approximate surface area is 843 Å². The molecule has 147 heavy (non-hydrogen) atoms. The van der Waals surface area contributed by atoms with E-state index in [1.54, 1.807) is 6.92 Å². The number of ether oxygens (including phenoxy) is 16. The topological polar surface area (TPSA) is 421 Å². The Kier molecular flexibility index (Phi) is 55.9. The van der Waals surface area contributed by atoms with Crippen LogP contribution in [0.2, 0.25) is 0 Å². The number of fused-ring (bicyclic) bond motifs is 2. The first-order valence-electron chi connectivity index (χ1n) is 49.4. The van der Waals surface area contributed by atoms with Crippen LogP contribution in [0.25, 0.3) is 0 Å². The minimum absolute atomic E-state index is 0.128. The molecule has 0 heterocycles. The molecule has 0 spiro atoms. The molecule has 0 aromatic heterocycles. The van der Waals surface area contributed by atoms with Gasteiger partial charge in [-0.25, -0.2) is 71.5 Å². The fourth-order valence-corrected chi connectivity index (χ4v) is 15.2. The lowest BCUT2D eigenvalue weighted by molar-refractivity contribution is -0.227. The molecule has 0 amide bonds. The molecule has 0 saturated heterocycles. The van der Waals surface area contributed by atoms with E-state index in [2.05, 4.69) is 42.6 Å². The number of carbonyl (C=O) groups excluding carboxylic acids is 16. The number of alkyl halides is 17. The summed E-state index contributed by atoms with van der Waals surface area (Å²) in [5, 5.41) is 0. The molecule has 0 aromatic carbocycles. The Hall–Kier alpha value is -9.67. The minimum Gasteiger partial charge on any atom is -0.463 e. The molecule has 0 aliphatic heterocycles. The second kappa shape index (κ2) is 61.6. The van der Waals surface area contributed by atoms with Gasteiger partial charge in [0.15, 0.2) is 63.7 Å². The molecule has 3 unspecified atom stereocenters. The third kappa shape index (κ3) is 54.1. The van der Waals surface area contributed by atoms with Crippen molar-refractivity contribution in [3.8, 4) is 0 Å². The normalized spacial score (nSPS) is 19.5. The average Bonchev–Trinajstić information content (AvgIpc) is 1.78. The van der Waals surface area contributed by atoms with E-state index < -0.39 is 224 Å². The third-order valence-corrected chi connectivity index (χ3v) is 25.0. The molecule has 0 radical (unpaired) electrons. The van der Waals surface area contributed by atoms with Gasteiger partial charge in [-0.05, 0) is 265 Å². The van der Waals surface area contributed by atoms with Crippen LogP contribution in [0.4, 0.5) is 74.6 Å². The molecule has 0 N–H and O–H groups in total. The van der Waals surface area contributed by atoms with E-state index in [4.69, 9.17) is 33.2 Å². The van der Waals surface area contributed by atoms with Gasteiger partial charge in [-0.15, -0.1) is 0 Å². The Bertz CT molecular complexity index is 4140. The van der Waals surface area contributed by atoms with E-state index in [-0.39, 0.29) is 31.0 Å². The average molecular weight is 2160 g/mol. The van der Waals surface area contributed by atoms with Gasteiger partial charge in [-0.1, -0.05) is 65.2 Å². The van der Waals surface area contributed by atoms with E-state index in [1.165, 1.54) is 12.8 Å². The monoisotopic (exact) mass is 2160 g/mol. The standard InChI is InChI=1S/C15H23F3O4.C14H21F3O4.C14H23FO4.C13H20F2O4.C12H16F2O4.C12H18F2O4.2C9H12F2O4/c1-4-14(8-6-5-7-9-14)22-11(19)10-21-12(20)13(2,3)15(16,17)18;1-12(2,14(15,16)17)11(19)20-9-10(18)21-13(3)7-5-4-6-8-13;1-4-14(8-6-5-7-9-14)19-11(16)10-18-12(17)13(2,3)15;1-13(14,15)12(17)18-9-11(16)19-10-7-5-3-2-4-6-8-10;1-12(13,14)11(16)17-6-10(15)18-9-5-7-2-3-8(9)4-7;1-12(13,14)11(16)17-8-10(15)18-9-6-4-2-3-5-7-9;1-9(10,11)8(13)15-5-7(12)14-4-6-2-3-6;1-9(10,11)8(13)14-5-7(12)15-6-3-2-4-6/h4-10H2,1-3H3;4-9H2,1-3H3;4-10H2,1-3H3;10H,2-9H2,1H3;7-9H,2-6H2,1H3;9H,2-8H2,1H3;2*6H,2-5H2,1H3. The summed E-state index contributed by atoms with van der Waals surface area (Å²) in [4.78, 5) is 178. The highest BCUT2D eigenvalue weighted by Gasteiger charge is 2.56. The number of halogens is 17. The number of hydrogen-bond acceptors (Lipinski definition) is 32. The van der Waals surface area contributed by atoms with Crippen molar-refractivity contribution >= 4 is 95.5 Å². The maximum Gasteiger partial charge on any atom is 0.404 e. The van der Waals surface area contributed by atoms with Gasteiger partial charge in [0.25, 0.3) is 0 Å². The van der Waals surface area contributed by atoms with Gasteiger partial charge in [-0.2, -0.15) is 70.2 Å². The molecule has 49 heteroatoms. The second-order valence-electron chi connectivity index (χ2n) is 39.8. The molecule has 9 saturated carbocycles. The highest BCUT2D eigenvalue weighted by atomic mass is 19.4. The number of esters is 16. The van der Waals surface area contributed by atoms with Gasteiger partial charge in [-0.3, -0.25) is 9.59 Å². The maximum atomic E-state index is 13.2. The zero-order valence-electron chi connectivity index (χ0n) is 86.0. The summed E-state index contributed by atoms with van der Waals surface area (Å²) in [6, 6.07) is 0. The SMILES string of the molecule is CC(F)(F)C(=O)OCC(=O)OC1CC2CCC1C2.CC(F)(F)C(=O)OCC(=O)OC1CCC1.CC(F)(F)C(=O)OCC(=O)OC1CCCCCC1.CC(F)(F)C(=O)OCC(=O)OC1CCCCCCC1.CC(F)(F)C(=O)OCC(=O)OCC1CC1.CC1(OC(=O)COC(=O)C(C)(C)C(F)(F)F)CCCCC1.CCC1(OC(=O)COC(=O)C(C)(C)C(F)(F)F)CCCCC1.CCC1(OC(=O)COC(=O)C(C)(C)F)CCCCC1. The predicted molar refractivity (Wildman–Crippen MR) is 480 cm³/mol. The van der Waals surface area contributed by atoms with Crippen molar-refractivity contribution in [2.24, 2.45) is 28.6 Å². The lowest BCUT2D eigenvalue weighted by Crippen LogP contribution is -2.42. The highest BCUT2D eigenvalue weighted by Crippen LogP contribution is 2.47. The first kappa shape index (κ1) is 133. The van der Waals surface area contributed by atoms with Crippen LogP contribution in [0.1, 0.15) is 347 Å². The summed E-state index contributed by atoms with van der Waals surface area (Å²) in [7, 11) is 0. The van der Waals surface area contributed by atoms with Gasteiger partial charge in [0.2, 0.25) is 5.67 Å². The van der Waals surface area contributed by atoms with E-state index in [9.17, 15) is 151 Å². The van der Waals surface area contributed by atoms with E-state index >= 15 is 0 Å². The Balaban J connectivity index is 0.000000569. The van der Waals surface area contributed by atoms with Crippen molar-refractivity contribution in [2.75, 3.05) is 59.5 Å². The van der Waals surface area contributed by atoms with Crippen LogP contribution in [0.5, 0.6) is 0 Å². The molecule has 848 valence electrons. The van der Waals surface area contributed by atoms with Crippen molar-refractivity contribution in [3.63, 3.8) is 0 Å². The number of hydrogen-bond donors (Lipinski definition) is 0. The van der Waals surface area contributed by atoms with Crippen LogP contribution in [-0.4, -0.2) is 244 Å². The molecule has 9 rings (SSSR count). The maximum absolute atomic E-state index is 13.2. The fraction of sp³-hybridized carbons (Fsp3) is 0.837. The van der Waals surface area contributed by atoms with Crippen LogP contribution in [-0.2, 0) is 153 Å². The summed E-state index contributed by atoms with van der Waals surface area (Å²) >= 11 is 0. The van der Waals surface area contributed by atoms with Gasteiger partial charge < -0.3 is 75.8 Å². The second-order valence-corrected chi connectivity index (χ2v) is 39.8. The largest absolute Gasteiger partial charge is 0.463 e. The van der Waals surface area contributed by atoms with Gasteiger partial charge in [0.05, 0.1) is 6.61 Å². The summed E-state index contributed by atoms with van der Waals surface area (Å²) in [5.74, 6) is -35.1. The van der Waals surface area contributed by atoms with Crippen molar-refractivity contribution in [1.29, 1.82) is 0 Å². The highest BCUT2D eigenvalue weighted by molar-refractivity contribution is 5.85. The molecule has 32 nitrogen and oxygen atoms in total. The van der Waals surface area contributed by atoms with Gasteiger partial charge in [0, 0.05) is 34.6 Å². The summed E-state index contributed by atoms with van der Waals surface area (Å²) in [6.07, 6.45) is 26.5. The quantitative estimate of drug-likeness (QED) is 0.0246. The summed E-state index contributed by atoms with van der Waals surface area (Å²) in [6.45, 7) is 7.22. The first-order valence-corrected chi connectivity index (χ1v) is 49.4. The molecule has 9 aliphatic carbocycles. The van der Waals surface area contributed by atoms with Crippen LogP contribution in [0.3, 0.4) is 0 Å². The van der Waals surface area contributed by atoms with Crippen LogP contribution in [0, 0.1) is 28.6 Å². The lowest BCUT2D eigenvalue weighted by Gasteiger charge is -2.36. The molecule has 3 atom stereocenters. The first-order chi connectivity index (χ1) is 67.7. The van der Waals surface area contributed by atoms with E-state index in [0.717, 1.165) is 246 Å². The lowest BCUT2D eigenvalue weighted by atomic mass is 9.83. The molecule has 0 aromatic rings. The van der Waals surface area contributed by atoms with Gasteiger partial charge in [0.1, 0.15) is 41.2 Å². The number of rotatable bonds is 35. The molecule has 2 bridgehead atoms. The molecular formula is C98H145F17O32. The van der Waals surface area contributed by atoms with Crippen molar-refractivity contribution in [3.05, 3.63) is 0 Å². The van der Waals surface area contributed by atoms with Crippen LogP contribution >= 0.6 is 0 Å². The Morgan fingerprint density at radius 2 is 0.517 bits per heavy atom. The van der Waals surface area contributed by atoms with Crippen molar-refractivity contribution in [2.45, 2.75) is 436 Å². The smallest absolute Gasteiger partial charge is 0.404 e. The third-order valence-electron chi connectivity index (χ3n) is 25.0.